The third-order valence-corrected chi connectivity index (χ3v) is 3.90. The number of benzene rings is 1. The monoisotopic (exact) mass is 332 g/mol. The van der Waals surface area contributed by atoms with Gasteiger partial charge in [-0.2, -0.15) is 0 Å². The highest BCUT2D eigenvalue weighted by molar-refractivity contribution is 6.31. The molecule has 1 aromatic carbocycles. The molecule has 0 aliphatic heterocycles. The maximum Gasteiger partial charge on any atom is 0.144 e. The molecule has 0 radical (unpaired) electrons. The minimum atomic E-state index is -0.439. The third-order valence-electron chi connectivity index (χ3n) is 3.42. The summed E-state index contributed by atoms with van der Waals surface area (Å²) >= 11 is 11.7. The van der Waals surface area contributed by atoms with E-state index in [1.807, 2.05) is 0 Å². The number of hydrogen-bond donors (Lipinski definition) is 0. The molecule has 0 aliphatic carbocycles. The lowest BCUT2D eigenvalue weighted by molar-refractivity contribution is 0.191. The molecule has 0 unspecified atom stereocenters. The minimum absolute atomic E-state index is 0.125. The van der Waals surface area contributed by atoms with Gasteiger partial charge in [-0.25, -0.2) is 9.37 Å². The zero-order chi connectivity index (χ0) is 15.2. The van der Waals surface area contributed by atoms with Crippen molar-refractivity contribution in [3.8, 4) is 0 Å². The van der Waals surface area contributed by atoms with Gasteiger partial charge in [-0.05, 0) is 25.3 Å². The van der Waals surface area contributed by atoms with Gasteiger partial charge in [-0.15, -0.1) is 11.6 Å². The molecule has 2 rings (SSSR count). The largest absolute Gasteiger partial charge is 0.385 e. The zero-order valence-electron chi connectivity index (χ0n) is 12.0. The van der Waals surface area contributed by atoms with Crippen LogP contribution in [0.1, 0.15) is 25.1 Å². The van der Waals surface area contributed by atoms with E-state index in [9.17, 15) is 4.39 Å². The molecule has 0 fully saturated rings. The van der Waals surface area contributed by atoms with E-state index in [0.29, 0.717) is 17.8 Å². The van der Waals surface area contributed by atoms with Crippen molar-refractivity contribution in [2.75, 3.05) is 19.6 Å². The summed E-state index contributed by atoms with van der Waals surface area (Å²) in [4.78, 5) is 4.47. The number of unbranched alkanes of at least 4 members (excludes halogenated alkanes) is 2. The molecule has 0 saturated carbocycles. The second-order valence-corrected chi connectivity index (χ2v) is 5.71. The van der Waals surface area contributed by atoms with Crippen molar-refractivity contribution in [2.24, 2.45) is 0 Å². The van der Waals surface area contributed by atoms with Crippen LogP contribution in [0.3, 0.4) is 0 Å². The number of aromatic nitrogens is 2. The molecule has 0 N–H and O–H groups in total. The van der Waals surface area contributed by atoms with Gasteiger partial charge in [-0.1, -0.05) is 11.6 Å². The summed E-state index contributed by atoms with van der Waals surface area (Å²) in [5, 5.41) is 0.125. The van der Waals surface area contributed by atoms with Crippen LogP contribution in [0.5, 0.6) is 0 Å². The zero-order valence-corrected chi connectivity index (χ0v) is 13.6. The minimum Gasteiger partial charge on any atom is -0.385 e. The number of rotatable bonds is 8. The smallest absolute Gasteiger partial charge is 0.144 e. The van der Waals surface area contributed by atoms with Crippen LogP contribution in [-0.2, 0) is 17.7 Å². The fraction of sp³-hybridized carbons (Fsp3) is 0.533. The first-order valence-corrected chi connectivity index (χ1v) is 7.97. The predicted molar refractivity (Wildman–Crippen MR) is 84.9 cm³/mol. The molecule has 116 valence electrons. The summed E-state index contributed by atoms with van der Waals surface area (Å²) in [7, 11) is 1.71. The number of nitrogens with zero attached hydrogens (tertiary/aromatic N) is 2. The van der Waals surface area contributed by atoms with Crippen molar-refractivity contribution in [2.45, 2.75) is 32.2 Å². The van der Waals surface area contributed by atoms with E-state index in [1.165, 1.54) is 6.07 Å². The number of fused-ring (bicyclic) bond motifs is 1. The van der Waals surface area contributed by atoms with Crippen LogP contribution in [0, 0.1) is 5.82 Å². The average Bonchev–Trinajstić information content (AvgIpc) is 2.77. The summed E-state index contributed by atoms with van der Waals surface area (Å²) < 4.78 is 20.7. The van der Waals surface area contributed by atoms with E-state index < -0.39 is 5.82 Å². The van der Waals surface area contributed by atoms with Gasteiger partial charge >= 0.3 is 0 Å². The molecule has 2 aromatic rings. The Kier molecular flexibility index (Phi) is 6.27. The average molecular weight is 333 g/mol. The Labute approximate surface area is 134 Å². The third kappa shape index (κ3) is 4.09. The summed E-state index contributed by atoms with van der Waals surface area (Å²) in [5.74, 6) is 0.934. The lowest BCUT2D eigenvalue weighted by Gasteiger charge is -2.08. The van der Waals surface area contributed by atoms with E-state index in [4.69, 9.17) is 27.9 Å². The molecular formula is C15H19Cl2FN2O. The summed E-state index contributed by atoms with van der Waals surface area (Å²) in [6.07, 6.45) is 3.78. The van der Waals surface area contributed by atoms with Gasteiger partial charge < -0.3 is 9.30 Å². The quantitative estimate of drug-likeness (QED) is 0.528. The Bertz CT molecular complexity index is 601. The molecule has 0 amide bonds. The van der Waals surface area contributed by atoms with Crippen LogP contribution < -0.4 is 0 Å². The molecule has 21 heavy (non-hydrogen) atoms. The van der Waals surface area contributed by atoms with E-state index in [-0.39, 0.29) is 5.02 Å². The molecule has 0 atom stereocenters. The molecule has 1 heterocycles. The lowest BCUT2D eigenvalue weighted by Crippen LogP contribution is -2.05. The van der Waals surface area contributed by atoms with E-state index >= 15 is 0 Å². The van der Waals surface area contributed by atoms with Crippen molar-refractivity contribution in [3.05, 3.63) is 28.8 Å². The summed E-state index contributed by atoms with van der Waals surface area (Å²) in [5.41, 5.74) is 1.50. The Balaban J connectivity index is 2.21. The Morgan fingerprint density at radius 3 is 2.81 bits per heavy atom. The van der Waals surface area contributed by atoms with Crippen LogP contribution in [0.2, 0.25) is 5.02 Å². The second kappa shape index (κ2) is 7.97. The Hall–Kier alpha value is -0.840. The highest BCUT2D eigenvalue weighted by Crippen LogP contribution is 2.24. The van der Waals surface area contributed by atoms with Crippen LogP contribution in [0.4, 0.5) is 4.39 Å². The Morgan fingerprint density at radius 1 is 1.29 bits per heavy atom. The number of methoxy groups -OCH3 is 1. The number of halogens is 3. The van der Waals surface area contributed by atoms with Crippen LogP contribution in [0.25, 0.3) is 11.0 Å². The molecule has 0 saturated heterocycles. The fourth-order valence-electron chi connectivity index (χ4n) is 2.39. The van der Waals surface area contributed by atoms with E-state index in [2.05, 4.69) is 9.55 Å². The molecule has 0 aliphatic rings. The predicted octanol–water partition coefficient (Wildman–Crippen LogP) is 4.43. The number of hydrogen-bond acceptors (Lipinski definition) is 2. The van der Waals surface area contributed by atoms with Crippen molar-refractivity contribution >= 4 is 34.2 Å². The molecule has 3 nitrogen and oxygen atoms in total. The number of imidazole rings is 1. The SMILES string of the molecule is COCCCCCn1c(CCCl)nc2cc(F)c(Cl)cc21. The first kappa shape index (κ1) is 16.5. The maximum absolute atomic E-state index is 13.5. The molecular weight excluding hydrogens is 314 g/mol. The maximum atomic E-state index is 13.5. The topological polar surface area (TPSA) is 27.1 Å². The standard InChI is InChI=1S/C15H19Cl2FN2O/c1-21-8-4-2-3-7-20-14-9-11(17)12(18)10-13(14)19-15(20)5-6-16/h9-10H,2-8H2,1H3. The number of aryl methyl sites for hydroxylation is 2. The highest BCUT2D eigenvalue weighted by Gasteiger charge is 2.13. The number of ether oxygens (including phenoxy) is 1. The fourth-order valence-corrected chi connectivity index (χ4v) is 2.71. The van der Waals surface area contributed by atoms with Gasteiger partial charge in [-0.3, -0.25) is 0 Å². The van der Waals surface area contributed by atoms with Gasteiger partial charge in [0.05, 0.1) is 16.1 Å². The molecule has 0 bridgehead atoms. The van der Waals surface area contributed by atoms with Gasteiger partial charge in [0.15, 0.2) is 0 Å². The van der Waals surface area contributed by atoms with E-state index in [0.717, 1.165) is 43.8 Å². The van der Waals surface area contributed by atoms with Crippen molar-refractivity contribution in [1.29, 1.82) is 0 Å². The van der Waals surface area contributed by atoms with Crippen LogP contribution in [-0.4, -0.2) is 29.1 Å². The van der Waals surface area contributed by atoms with Crippen molar-refractivity contribution in [3.63, 3.8) is 0 Å². The summed E-state index contributed by atoms with van der Waals surface area (Å²) in [6.45, 7) is 1.60. The van der Waals surface area contributed by atoms with Gasteiger partial charge in [0.1, 0.15) is 11.6 Å². The van der Waals surface area contributed by atoms with Gasteiger partial charge in [0.25, 0.3) is 0 Å². The number of alkyl halides is 1. The molecule has 0 spiro atoms. The first-order valence-electron chi connectivity index (χ1n) is 7.06. The summed E-state index contributed by atoms with van der Waals surface area (Å²) in [6, 6.07) is 3.03. The van der Waals surface area contributed by atoms with Crippen LogP contribution in [0.15, 0.2) is 12.1 Å². The normalized spacial score (nSPS) is 11.4. The lowest BCUT2D eigenvalue weighted by atomic mass is 10.2. The van der Waals surface area contributed by atoms with Crippen molar-refractivity contribution < 1.29 is 9.13 Å². The highest BCUT2D eigenvalue weighted by atomic mass is 35.5. The Morgan fingerprint density at radius 2 is 2.10 bits per heavy atom. The second-order valence-electron chi connectivity index (χ2n) is 4.93. The van der Waals surface area contributed by atoms with E-state index in [1.54, 1.807) is 13.2 Å². The first-order chi connectivity index (χ1) is 10.2. The molecule has 6 heteroatoms. The molecule has 1 aromatic heterocycles. The van der Waals surface area contributed by atoms with Gasteiger partial charge in [0.2, 0.25) is 0 Å². The van der Waals surface area contributed by atoms with Crippen molar-refractivity contribution in [1.82, 2.24) is 9.55 Å². The van der Waals surface area contributed by atoms with Crippen LogP contribution >= 0.6 is 23.2 Å². The van der Waals surface area contributed by atoms with Gasteiger partial charge in [0, 0.05) is 38.6 Å².